The van der Waals surface area contributed by atoms with Gasteiger partial charge in [0.05, 0.1) is 44.7 Å². The van der Waals surface area contributed by atoms with E-state index in [4.69, 9.17) is 9.97 Å². The summed E-state index contributed by atoms with van der Waals surface area (Å²) >= 11 is 0. The Morgan fingerprint density at radius 2 is 0.789 bits per heavy atom. The van der Waals surface area contributed by atoms with E-state index in [-0.39, 0.29) is 22.3 Å². The Bertz CT molecular complexity index is 1710. The van der Waals surface area contributed by atoms with Gasteiger partial charge in [0.1, 0.15) is 0 Å². The van der Waals surface area contributed by atoms with E-state index in [1.807, 2.05) is 12.1 Å². The van der Waals surface area contributed by atoms with Gasteiger partial charge in [-0.3, -0.25) is 0 Å². The molecular weight excluding hydrogens is 492 g/mol. The molecular formula is C28H16N2O8. The van der Waals surface area contributed by atoms with Crippen LogP contribution in [0.1, 0.15) is 41.4 Å². The van der Waals surface area contributed by atoms with Gasteiger partial charge in [-0.15, -0.1) is 0 Å². The maximum Gasteiger partial charge on any atom is 0.336 e. The lowest BCUT2D eigenvalue weighted by molar-refractivity contribution is 0.0651. The summed E-state index contributed by atoms with van der Waals surface area (Å²) in [7, 11) is 0. The first-order valence-electron chi connectivity index (χ1n) is 11.1. The summed E-state index contributed by atoms with van der Waals surface area (Å²) in [6.07, 6.45) is 0. The summed E-state index contributed by atoms with van der Waals surface area (Å²) in [5, 5.41) is 39.0. The van der Waals surface area contributed by atoms with Crippen LogP contribution in [0.3, 0.4) is 0 Å². The number of rotatable bonds is 6. The molecule has 0 bridgehead atoms. The van der Waals surface area contributed by atoms with Crippen molar-refractivity contribution in [3.8, 4) is 22.5 Å². The highest BCUT2D eigenvalue weighted by atomic mass is 16.4. The van der Waals surface area contributed by atoms with Crippen molar-refractivity contribution in [3.63, 3.8) is 0 Å². The van der Waals surface area contributed by atoms with Crippen molar-refractivity contribution in [2.45, 2.75) is 0 Å². The van der Waals surface area contributed by atoms with Crippen molar-refractivity contribution >= 4 is 45.7 Å². The first-order chi connectivity index (χ1) is 18.1. The Labute approximate surface area is 213 Å². The largest absolute Gasteiger partial charge is 0.478 e. The van der Waals surface area contributed by atoms with Crippen LogP contribution in [0.4, 0.5) is 0 Å². The third-order valence-electron chi connectivity index (χ3n) is 6.07. The Morgan fingerprint density at radius 3 is 1.13 bits per heavy atom. The van der Waals surface area contributed by atoms with E-state index in [2.05, 4.69) is 0 Å². The normalized spacial score (nSPS) is 10.9. The molecule has 38 heavy (non-hydrogen) atoms. The Hall–Kier alpha value is -5.64. The van der Waals surface area contributed by atoms with E-state index >= 15 is 0 Å². The lowest BCUT2D eigenvalue weighted by Crippen LogP contribution is -2.08. The molecule has 0 amide bonds. The van der Waals surface area contributed by atoms with Gasteiger partial charge >= 0.3 is 23.9 Å². The van der Waals surface area contributed by atoms with Crippen molar-refractivity contribution in [2.24, 2.45) is 0 Å². The van der Waals surface area contributed by atoms with Gasteiger partial charge in [-0.2, -0.15) is 0 Å². The molecule has 0 aliphatic carbocycles. The van der Waals surface area contributed by atoms with E-state index in [9.17, 15) is 39.6 Å². The molecule has 2 aromatic heterocycles. The molecule has 5 rings (SSSR count). The van der Waals surface area contributed by atoms with Crippen molar-refractivity contribution in [2.75, 3.05) is 0 Å². The fourth-order valence-corrected chi connectivity index (χ4v) is 4.22. The fourth-order valence-electron chi connectivity index (χ4n) is 4.22. The van der Waals surface area contributed by atoms with Crippen LogP contribution in [0, 0.1) is 0 Å². The average molecular weight is 508 g/mol. The van der Waals surface area contributed by atoms with Crippen LogP contribution in [0.15, 0.2) is 72.8 Å². The highest BCUT2D eigenvalue weighted by molar-refractivity contribution is 6.06. The highest BCUT2D eigenvalue weighted by Gasteiger charge is 2.19. The van der Waals surface area contributed by atoms with Crippen LogP contribution in [0.5, 0.6) is 0 Å². The summed E-state index contributed by atoms with van der Waals surface area (Å²) in [6.45, 7) is 0. The number of carboxylic acid groups (broad SMARTS) is 4. The van der Waals surface area contributed by atoms with Gasteiger partial charge in [0.25, 0.3) is 0 Å². The second kappa shape index (κ2) is 9.10. The SMILES string of the molecule is O=C(O)c1ccc(-c2ccc3ccc4ccc(-c5ccc(C(=O)O)c(C(=O)O)c5)nc4c3n2)cc1C(=O)O. The molecule has 0 radical (unpaired) electrons. The zero-order valence-electron chi connectivity index (χ0n) is 19.2. The van der Waals surface area contributed by atoms with Gasteiger partial charge in [-0.1, -0.05) is 36.4 Å². The number of carboxylic acids is 4. The Kier molecular flexibility index (Phi) is 5.76. The smallest absolute Gasteiger partial charge is 0.336 e. The molecule has 0 saturated carbocycles. The number of benzene rings is 3. The number of fused-ring (bicyclic) bond motifs is 3. The Balaban J connectivity index is 1.68. The maximum atomic E-state index is 11.6. The number of hydrogen-bond acceptors (Lipinski definition) is 6. The number of aromatic carboxylic acids is 4. The van der Waals surface area contributed by atoms with Gasteiger partial charge in [0, 0.05) is 21.9 Å². The van der Waals surface area contributed by atoms with Crippen molar-refractivity contribution in [1.82, 2.24) is 9.97 Å². The summed E-state index contributed by atoms with van der Waals surface area (Å²) in [5.41, 5.74) is 1.16. The molecule has 0 fully saturated rings. The summed E-state index contributed by atoms with van der Waals surface area (Å²) in [5.74, 6) is -5.47. The molecule has 0 unspecified atom stereocenters. The van der Waals surface area contributed by atoms with Gasteiger partial charge in [0.2, 0.25) is 0 Å². The van der Waals surface area contributed by atoms with E-state index in [0.29, 0.717) is 33.5 Å². The molecule has 0 aliphatic heterocycles. The predicted octanol–water partition coefficient (Wildman–Crippen LogP) is 4.91. The minimum atomic E-state index is -1.38. The fraction of sp³-hybridized carbons (Fsp3) is 0. The van der Waals surface area contributed by atoms with Crippen LogP contribution in [0.25, 0.3) is 44.3 Å². The van der Waals surface area contributed by atoms with E-state index < -0.39 is 23.9 Å². The second-order valence-corrected chi connectivity index (χ2v) is 8.34. The minimum absolute atomic E-state index is 0.339. The Morgan fingerprint density at radius 1 is 0.447 bits per heavy atom. The van der Waals surface area contributed by atoms with Gasteiger partial charge in [-0.25, -0.2) is 29.1 Å². The summed E-state index contributed by atoms with van der Waals surface area (Å²) in [4.78, 5) is 55.5. The van der Waals surface area contributed by atoms with Gasteiger partial charge in [-0.05, 0) is 36.4 Å². The van der Waals surface area contributed by atoms with Crippen molar-refractivity contribution < 1.29 is 39.6 Å². The van der Waals surface area contributed by atoms with Crippen LogP contribution >= 0.6 is 0 Å². The summed E-state index contributed by atoms with van der Waals surface area (Å²) in [6, 6.07) is 18.5. The average Bonchev–Trinajstić information content (AvgIpc) is 2.91. The van der Waals surface area contributed by atoms with Crippen LogP contribution in [-0.2, 0) is 0 Å². The first kappa shape index (κ1) is 24.1. The van der Waals surface area contributed by atoms with Crippen molar-refractivity contribution in [3.05, 3.63) is 95.1 Å². The lowest BCUT2D eigenvalue weighted by Gasteiger charge is -2.10. The molecule has 3 aromatic carbocycles. The van der Waals surface area contributed by atoms with Crippen molar-refractivity contribution in [1.29, 1.82) is 0 Å². The first-order valence-corrected chi connectivity index (χ1v) is 11.1. The van der Waals surface area contributed by atoms with E-state index in [0.717, 1.165) is 10.8 Å². The number of carbonyl (C=O) groups is 4. The monoisotopic (exact) mass is 508 g/mol. The molecule has 0 spiro atoms. The molecule has 5 aromatic rings. The summed E-state index contributed by atoms with van der Waals surface area (Å²) < 4.78 is 0. The molecule has 0 atom stereocenters. The standard InChI is InChI=1S/C28H16N2O8/c31-25(32)17-7-3-15(11-19(17)27(35)36)21-9-5-13-1-2-14-6-10-22(30-24(14)23(13)29-21)16-4-8-18(26(33)34)20(12-16)28(37)38/h1-12H,(H,31,32)(H,33,34)(H,35,36)(H,37,38). The van der Waals surface area contributed by atoms with Crippen LogP contribution in [-0.4, -0.2) is 54.3 Å². The lowest BCUT2D eigenvalue weighted by atomic mass is 10.00. The zero-order chi connectivity index (χ0) is 27.1. The number of pyridine rings is 2. The van der Waals surface area contributed by atoms with E-state index in [1.165, 1.54) is 36.4 Å². The van der Waals surface area contributed by atoms with Gasteiger partial charge < -0.3 is 20.4 Å². The number of hydrogen-bond donors (Lipinski definition) is 4. The molecule has 4 N–H and O–H groups in total. The zero-order valence-corrected chi connectivity index (χ0v) is 19.2. The third-order valence-corrected chi connectivity index (χ3v) is 6.07. The quantitative estimate of drug-likeness (QED) is 0.231. The molecule has 0 saturated heterocycles. The maximum absolute atomic E-state index is 11.6. The minimum Gasteiger partial charge on any atom is -0.478 e. The van der Waals surface area contributed by atoms with Gasteiger partial charge in [0.15, 0.2) is 0 Å². The predicted molar refractivity (Wildman–Crippen MR) is 136 cm³/mol. The molecule has 186 valence electrons. The highest BCUT2D eigenvalue weighted by Crippen LogP contribution is 2.30. The number of nitrogens with zero attached hydrogens (tertiary/aromatic N) is 2. The topological polar surface area (TPSA) is 175 Å². The van der Waals surface area contributed by atoms with E-state index in [1.54, 1.807) is 24.3 Å². The molecule has 0 aliphatic rings. The van der Waals surface area contributed by atoms with Crippen LogP contribution in [0.2, 0.25) is 0 Å². The van der Waals surface area contributed by atoms with Crippen LogP contribution < -0.4 is 0 Å². The molecule has 2 heterocycles. The second-order valence-electron chi connectivity index (χ2n) is 8.34. The number of aromatic nitrogens is 2. The molecule has 10 heteroatoms. The molecule has 10 nitrogen and oxygen atoms in total. The third kappa shape index (κ3) is 4.16.